The standard InChI is InChI=1S/C22H30N4O/c1-14-6-7-17(8-15(14)2)27-20-18(23)19(24-13-25-20)26-12-22(5)10-16(26)9-21(3,4)11-22/h6-8,13,16H,9-12,23H2,1-5H3. The van der Waals surface area contributed by atoms with Crippen molar-refractivity contribution >= 4 is 11.5 Å². The van der Waals surface area contributed by atoms with Gasteiger partial charge in [0.15, 0.2) is 5.82 Å². The van der Waals surface area contributed by atoms with Crippen LogP contribution in [0.3, 0.4) is 0 Å². The van der Waals surface area contributed by atoms with Crippen molar-refractivity contribution in [1.82, 2.24) is 9.97 Å². The van der Waals surface area contributed by atoms with E-state index in [1.54, 1.807) is 6.33 Å². The zero-order valence-electron chi connectivity index (χ0n) is 17.0. The molecule has 5 heteroatoms. The second-order valence-corrected chi connectivity index (χ2v) is 9.61. The van der Waals surface area contributed by atoms with Gasteiger partial charge in [-0.15, -0.1) is 0 Å². The SMILES string of the molecule is Cc1ccc(Oc2ncnc(N3CC4(C)CC3CC(C)(C)C4)c2N)cc1C. The number of hydrogen-bond donors (Lipinski definition) is 1. The van der Waals surface area contributed by atoms with Gasteiger partial charge in [0.2, 0.25) is 5.88 Å². The molecule has 2 aliphatic rings. The fourth-order valence-corrected chi connectivity index (χ4v) is 5.28. The number of benzene rings is 1. The predicted octanol–water partition coefficient (Wildman–Crippen LogP) is 4.87. The number of anilines is 2. The molecule has 1 aromatic carbocycles. The highest BCUT2D eigenvalue weighted by molar-refractivity contribution is 5.69. The van der Waals surface area contributed by atoms with Gasteiger partial charge in [-0.25, -0.2) is 4.98 Å². The first-order chi connectivity index (χ1) is 12.7. The molecule has 2 fully saturated rings. The summed E-state index contributed by atoms with van der Waals surface area (Å²) in [6, 6.07) is 6.50. The minimum atomic E-state index is 0.318. The van der Waals surface area contributed by atoms with Gasteiger partial charge in [-0.05, 0) is 67.2 Å². The summed E-state index contributed by atoms with van der Waals surface area (Å²) in [4.78, 5) is 11.2. The van der Waals surface area contributed by atoms with Crippen LogP contribution >= 0.6 is 0 Å². The zero-order valence-corrected chi connectivity index (χ0v) is 17.0. The molecule has 2 bridgehead atoms. The maximum Gasteiger partial charge on any atom is 0.248 e. The zero-order chi connectivity index (χ0) is 19.4. The number of fused-ring (bicyclic) bond motifs is 2. The van der Waals surface area contributed by atoms with Gasteiger partial charge >= 0.3 is 0 Å². The van der Waals surface area contributed by atoms with Crippen LogP contribution in [0.4, 0.5) is 11.5 Å². The van der Waals surface area contributed by atoms with Crippen molar-refractivity contribution in [3.05, 3.63) is 35.7 Å². The van der Waals surface area contributed by atoms with Gasteiger partial charge in [0.25, 0.3) is 0 Å². The highest BCUT2D eigenvalue weighted by Crippen LogP contribution is 2.54. The Labute approximate surface area is 162 Å². The lowest BCUT2D eigenvalue weighted by Crippen LogP contribution is -2.35. The molecular weight excluding hydrogens is 336 g/mol. The van der Waals surface area contributed by atoms with Crippen LogP contribution in [0.25, 0.3) is 0 Å². The Balaban J connectivity index is 1.64. The topological polar surface area (TPSA) is 64.3 Å². The summed E-state index contributed by atoms with van der Waals surface area (Å²) >= 11 is 0. The monoisotopic (exact) mass is 366 g/mol. The average molecular weight is 367 g/mol. The number of hydrogen-bond acceptors (Lipinski definition) is 5. The van der Waals surface area contributed by atoms with Crippen LogP contribution < -0.4 is 15.4 Å². The minimum absolute atomic E-state index is 0.318. The molecule has 1 saturated heterocycles. The third-order valence-electron chi connectivity index (χ3n) is 6.21. The molecule has 5 nitrogen and oxygen atoms in total. The number of aromatic nitrogens is 2. The summed E-state index contributed by atoms with van der Waals surface area (Å²) in [5.41, 5.74) is 10.1. The first-order valence-corrected chi connectivity index (χ1v) is 9.78. The molecule has 2 unspecified atom stereocenters. The maximum atomic E-state index is 6.48. The maximum absolute atomic E-state index is 6.48. The molecule has 144 valence electrons. The van der Waals surface area contributed by atoms with Crippen molar-refractivity contribution in [2.45, 2.75) is 59.9 Å². The number of nitrogens with zero attached hydrogens (tertiary/aromatic N) is 3. The highest BCUT2D eigenvalue weighted by Gasteiger charge is 2.50. The molecule has 2 aromatic rings. The lowest BCUT2D eigenvalue weighted by molar-refractivity contribution is 0.136. The van der Waals surface area contributed by atoms with Crippen molar-refractivity contribution in [3.8, 4) is 11.6 Å². The summed E-state index contributed by atoms with van der Waals surface area (Å²) in [5.74, 6) is 2.01. The number of aryl methyl sites for hydroxylation is 2. The Morgan fingerprint density at radius 2 is 1.89 bits per heavy atom. The predicted molar refractivity (Wildman–Crippen MR) is 109 cm³/mol. The fourth-order valence-electron chi connectivity index (χ4n) is 5.28. The second kappa shape index (κ2) is 6.11. The molecule has 4 rings (SSSR count). The van der Waals surface area contributed by atoms with Gasteiger partial charge in [0.05, 0.1) is 0 Å². The van der Waals surface area contributed by atoms with Gasteiger partial charge in [-0.1, -0.05) is 26.8 Å². The Hall–Kier alpha value is -2.30. The van der Waals surface area contributed by atoms with E-state index in [-0.39, 0.29) is 0 Å². The number of ether oxygens (including phenoxy) is 1. The number of rotatable bonds is 3. The van der Waals surface area contributed by atoms with Crippen LogP contribution in [0, 0.1) is 24.7 Å². The summed E-state index contributed by atoms with van der Waals surface area (Å²) in [7, 11) is 0. The van der Waals surface area contributed by atoms with Gasteiger partial charge in [-0.3, -0.25) is 0 Å². The molecule has 0 radical (unpaired) electrons. The lowest BCUT2D eigenvalue weighted by atomic mass is 9.65. The normalized spacial score (nSPS) is 26.3. The van der Waals surface area contributed by atoms with Crippen molar-refractivity contribution in [2.75, 3.05) is 17.2 Å². The van der Waals surface area contributed by atoms with Gasteiger partial charge < -0.3 is 15.4 Å². The molecule has 2 heterocycles. The van der Waals surface area contributed by atoms with Crippen LogP contribution in [0.15, 0.2) is 24.5 Å². The van der Waals surface area contributed by atoms with E-state index < -0.39 is 0 Å². The third kappa shape index (κ3) is 3.35. The fraction of sp³-hybridized carbons (Fsp3) is 0.545. The van der Waals surface area contributed by atoms with E-state index in [1.807, 2.05) is 12.1 Å². The van der Waals surface area contributed by atoms with Gasteiger partial charge in [0.1, 0.15) is 17.8 Å². The first kappa shape index (κ1) is 18.1. The Morgan fingerprint density at radius 1 is 1.11 bits per heavy atom. The second-order valence-electron chi connectivity index (χ2n) is 9.61. The molecule has 1 saturated carbocycles. The summed E-state index contributed by atoms with van der Waals surface area (Å²) in [6.45, 7) is 12.3. The quantitative estimate of drug-likeness (QED) is 0.839. The van der Waals surface area contributed by atoms with Crippen molar-refractivity contribution < 1.29 is 4.74 Å². The summed E-state index contributed by atoms with van der Waals surface area (Å²) < 4.78 is 6.02. The van der Waals surface area contributed by atoms with E-state index in [0.717, 1.165) is 18.1 Å². The molecule has 2 atom stereocenters. The van der Waals surface area contributed by atoms with Gasteiger partial charge in [-0.2, -0.15) is 4.98 Å². The Morgan fingerprint density at radius 3 is 2.63 bits per heavy atom. The Bertz CT molecular complexity index is 879. The van der Waals surface area contributed by atoms with E-state index in [9.17, 15) is 0 Å². The smallest absolute Gasteiger partial charge is 0.248 e. The summed E-state index contributed by atoms with van der Waals surface area (Å²) in [6.07, 6.45) is 5.18. The van der Waals surface area contributed by atoms with Crippen molar-refractivity contribution in [2.24, 2.45) is 10.8 Å². The largest absolute Gasteiger partial charge is 0.437 e. The van der Waals surface area contributed by atoms with Crippen LogP contribution in [0.2, 0.25) is 0 Å². The number of nitrogen functional groups attached to an aromatic ring is 1. The highest BCUT2D eigenvalue weighted by atomic mass is 16.5. The number of nitrogens with two attached hydrogens (primary N) is 1. The van der Waals surface area contributed by atoms with Crippen LogP contribution in [0.1, 0.15) is 51.2 Å². The average Bonchev–Trinajstić information content (AvgIpc) is 2.82. The van der Waals surface area contributed by atoms with E-state index >= 15 is 0 Å². The van der Waals surface area contributed by atoms with E-state index in [1.165, 1.54) is 30.4 Å². The van der Waals surface area contributed by atoms with Crippen molar-refractivity contribution in [3.63, 3.8) is 0 Å². The van der Waals surface area contributed by atoms with Gasteiger partial charge in [0, 0.05) is 12.6 Å². The lowest BCUT2D eigenvalue weighted by Gasteiger charge is -2.39. The molecule has 1 aliphatic heterocycles. The van der Waals surface area contributed by atoms with E-state index in [2.05, 4.69) is 55.6 Å². The van der Waals surface area contributed by atoms with Crippen LogP contribution in [-0.2, 0) is 0 Å². The first-order valence-electron chi connectivity index (χ1n) is 9.78. The van der Waals surface area contributed by atoms with E-state index in [0.29, 0.717) is 28.4 Å². The molecule has 2 N–H and O–H groups in total. The van der Waals surface area contributed by atoms with E-state index in [4.69, 9.17) is 10.5 Å². The van der Waals surface area contributed by atoms with Crippen molar-refractivity contribution in [1.29, 1.82) is 0 Å². The third-order valence-corrected chi connectivity index (χ3v) is 6.21. The summed E-state index contributed by atoms with van der Waals surface area (Å²) in [5, 5.41) is 0. The van der Waals surface area contributed by atoms with Crippen LogP contribution in [0.5, 0.6) is 11.6 Å². The Kier molecular flexibility index (Phi) is 4.09. The molecule has 0 spiro atoms. The molecule has 1 aromatic heterocycles. The molecule has 27 heavy (non-hydrogen) atoms. The van der Waals surface area contributed by atoms with Crippen LogP contribution in [-0.4, -0.2) is 22.6 Å². The molecule has 1 aliphatic carbocycles. The minimum Gasteiger partial charge on any atom is -0.437 e. The molecule has 0 amide bonds. The molecular formula is C22H30N4O.